The first-order valence-electron chi connectivity index (χ1n) is 6.16. The van der Waals surface area contributed by atoms with Gasteiger partial charge in [-0.05, 0) is 28.8 Å². The highest BCUT2D eigenvalue weighted by Crippen LogP contribution is 2.26. The molecule has 0 amide bonds. The van der Waals surface area contributed by atoms with Gasteiger partial charge in [0.05, 0.1) is 24.4 Å². The molecule has 1 aromatic heterocycles. The smallest absolute Gasteiger partial charge is 0.363 e. The number of nitrogens with zero attached hydrogens (tertiary/aromatic N) is 3. The van der Waals surface area contributed by atoms with Gasteiger partial charge in [0.2, 0.25) is 0 Å². The van der Waals surface area contributed by atoms with E-state index in [9.17, 15) is 15.2 Å². The van der Waals surface area contributed by atoms with Crippen molar-refractivity contribution in [1.29, 1.82) is 0 Å². The van der Waals surface area contributed by atoms with Crippen molar-refractivity contribution in [1.82, 2.24) is 4.98 Å². The largest absolute Gasteiger partial charge is 0.394 e. The molecule has 2 rings (SSSR count). The van der Waals surface area contributed by atoms with Crippen molar-refractivity contribution >= 4 is 11.5 Å². The van der Waals surface area contributed by atoms with Crippen LogP contribution in [0, 0.1) is 10.1 Å². The molecule has 0 aliphatic carbocycles. The van der Waals surface area contributed by atoms with Crippen molar-refractivity contribution in [2.24, 2.45) is 0 Å². The molecular weight excluding hydrogens is 250 g/mol. The van der Waals surface area contributed by atoms with E-state index in [1.54, 1.807) is 13.2 Å². The number of hydrogen-bond donors (Lipinski definition) is 1. The highest BCUT2D eigenvalue weighted by atomic mass is 16.6. The minimum absolute atomic E-state index is 0.00894. The van der Waals surface area contributed by atoms with E-state index in [1.807, 2.05) is 4.90 Å². The van der Waals surface area contributed by atoms with Crippen LogP contribution in [0.25, 0.3) is 0 Å². The highest BCUT2D eigenvalue weighted by Gasteiger charge is 2.28. The van der Waals surface area contributed by atoms with Crippen molar-refractivity contribution in [3.8, 4) is 0 Å². The summed E-state index contributed by atoms with van der Waals surface area (Å²) in [5.41, 5.74) is 0.770. The summed E-state index contributed by atoms with van der Waals surface area (Å²) in [5, 5.41) is 20.0. The molecule has 1 saturated heterocycles. The third kappa shape index (κ3) is 2.99. The van der Waals surface area contributed by atoms with Gasteiger partial charge in [-0.25, -0.2) is 0 Å². The van der Waals surface area contributed by atoms with Crippen LogP contribution in [0.4, 0.5) is 11.5 Å². The molecule has 104 valence electrons. The molecule has 2 atom stereocenters. The van der Waals surface area contributed by atoms with Crippen LogP contribution in [0.15, 0.2) is 18.3 Å². The van der Waals surface area contributed by atoms with Crippen molar-refractivity contribution in [3.63, 3.8) is 0 Å². The predicted octanol–water partition coefficient (Wildman–Crippen LogP) is 0.966. The second-order valence-corrected chi connectivity index (χ2v) is 4.56. The molecule has 0 saturated carbocycles. The molecule has 1 N–H and O–H groups in total. The normalized spacial score (nSPS) is 23.4. The second kappa shape index (κ2) is 5.94. The number of nitro groups is 1. The average molecular weight is 267 g/mol. The van der Waals surface area contributed by atoms with Crippen molar-refractivity contribution in [3.05, 3.63) is 28.4 Å². The Kier molecular flexibility index (Phi) is 4.28. The quantitative estimate of drug-likeness (QED) is 0.645. The minimum Gasteiger partial charge on any atom is -0.394 e. The summed E-state index contributed by atoms with van der Waals surface area (Å²) in [6, 6.07) is 3.04. The van der Waals surface area contributed by atoms with Crippen molar-refractivity contribution in [2.45, 2.75) is 25.0 Å². The predicted molar refractivity (Wildman–Crippen MR) is 69.1 cm³/mol. The Morgan fingerprint density at radius 3 is 2.89 bits per heavy atom. The maximum atomic E-state index is 10.6. The van der Waals surface area contributed by atoms with Gasteiger partial charge in [-0.3, -0.25) is 0 Å². The lowest BCUT2D eigenvalue weighted by atomic mass is 10.00. The van der Waals surface area contributed by atoms with Gasteiger partial charge >= 0.3 is 5.82 Å². The lowest BCUT2D eigenvalue weighted by molar-refractivity contribution is -0.389. The van der Waals surface area contributed by atoms with Crippen LogP contribution >= 0.6 is 0 Å². The van der Waals surface area contributed by atoms with Gasteiger partial charge in [0.15, 0.2) is 6.20 Å². The second-order valence-electron chi connectivity index (χ2n) is 4.56. The molecule has 1 aromatic rings. The molecule has 19 heavy (non-hydrogen) atoms. The maximum absolute atomic E-state index is 10.6. The fraction of sp³-hybridized carbons (Fsp3) is 0.583. The Morgan fingerprint density at radius 1 is 1.58 bits per heavy atom. The van der Waals surface area contributed by atoms with Crippen LogP contribution in [-0.4, -0.2) is 47.4 Å². The first-order valence-corrected chi connectivity index (χ1v) is 6.16. The standard InChI is InChI=1S/C12H17N3O4/c1-19-11-4-2-10(8-16)14(7-11)9-3-5-12(13-6-9)15(17)18/h3,5-6,10-11,16H,2,4,7-8H2,1H3. The van der Waals surface area contributed by atoms with Crippen LogP contribution in [0.5, 0.6) is 0 Å². The van der Waals surface area contributed by atoms with E-state index in [1.165, 1.54) is 12.3 Å². The molecule has 7 nitrogen and oxygen atoms in total. The number of rotatable bonds is 4. The number of ether oxygens (including phenoxy) is 1. The zero-order valence-electron chi connectivity index (χ0n) is 10.7. The molecule has 0 radical (unpaired) electrons. The molecule has 7 heteroatoms. The molecule has 1 aliphatic heterocycles. The first kappa shape index (κ1) is 13.7. The van der Waals surface area contributed by atoms with Crippen molar-refractivity contribution < 1.29 is 14.8 Å². The zero-order chi connectivity index (χ0) is 13.8. The molecule has 0 bridgehead atoms. The van der Waals surface area contributed by atoms with Gasteiger partial charge in [-0.1, -0.05) is 0 Å². The maximum Gasteiger partial charge on any atom is 0.363 e. The van der Waals surface area contributed by atoms with E-state index in [-0.39, 0.29) is 24.6 Å². The third-order valence-corrected chi connectivity index (χ3v) is 3.46. The topological polar surface area (TPSA) is 88.7 Å². The van der Waals surface area contributed by atoms with E-state index < -0.39 is 4.92 Å². The Labute approximate surface area is 111 Å². The van der Waals surface area contributed by atoms with E-state index in [0.717, 1.165) is 18.5 Å². The van der Waals surface area contributed by atoms with E-state index in [0.29, 0.717) is 6.54 Å². The minimum atomic E-state index is -0.526. The molecule has 2 heterocycles. The third-order valence-electron chi connectivity index (χ3n) is 3.46. The van der Waals surface area contributed by atoms with Crippen LogP contribution in [0.3, 0.4) is 0 Å². The Bertz CT molecular complexity index is 437. The van der Waals surface area contributed by atoms with Crippen LogP contribution in [0.2, 0.25) is 0 Å². The number of methoxy groups -OCH3 is 1. The summed E-state index contributed by atoms with van der Waals surface area (Å²) in [6.07, 6.45) is 3.31. The molecule has 2 unspecified atom stereocenters. The monoisotopic (exact) mass is 267 g/mol. The van der Waals surface area contributed by atoms with Crippen LogP contribution in [-0.2, 0) is 4.74 Å². The first-order chi connectivity index (χ1) is 9.15. The summed E-state index contributed by atoms with van der Waals surface area (Å²) >= 11 is 0. The number of aromatic nitrogens is 1. The summed E-state index contributed by atoms with van der Waals surface area (Å²) in [4.78, 5) is 15.9. The Morgan fingerprint density at radius 2 is 2.37 bits per heavy atom. The highest BCUT2D eigenvalue weighted by molar-refractivity contribution is 5.48. The number of aliphatic hydroxyl groups is 1. The van der Waals surface area contributed by atoms with Gasteiger partial charge in [0.1, 0.15) is 0 Å². The number of aliphatic hydroxyl groups excluding tert-OH is 1. The van der Waals surface area contributed by atoms with Crippen molar-refractivity contribution in [2.75, 3.05) is 25.2 Å². The van der Waals surface area contributed by atoms with Gasteiger partial charge in [0, 0.05) is 19.7 Å². The Balaban J connectivity index is 2.18. The lowest BCUT2D eigenvalue weighted by Gasteiger charge is -2.39. The number of hydrogen-bond acceptors (Lipinski definition) is 6. The Hall–Kier alpha value is -1.73. The number of piperidine rings is 1. The van der Waals surface area contributed by atoms with Gasteiger partial charge in [-0.15, -0.1) is 0 Å². The molecule has 0 aromatic carbocycles. The fourth-order valence-corrected chi connectivity index (χ4v) is 2.35. The SMILES string of the molecule is COC1CCC(CO)N(c2ccc([N+](=O)[O-])nc2)C1. The van der Waals surface area contributed by atoms with Crippen LogP contribution < -0.4 is 4.90 Å². The average Bonchev–Trinajstić information content (AvgIpc) is 2.46. The summed E-state index contributed by atoms with van der Waals surface area (Å²) in [6.45, 7) is 0.703. The molecule has 1 fully saturated rings. The van der Waals surface area contributed by atoms with E-state index >= 15 is 0 Å². The summed E-state index contributed by atoms with van der Waals surface area (Å²) in [7, 11) is 1.66. The number of anilines is 1. The van der Waals surface area contributed by atoms with Gasteiger partial charge < -0.3 is 24.9 Å². The number of pyridine rings is 1. The molecular formula is C12H17N3O4. The van der Waals surface area contributed by atoms with E-state index in [4.69, 9.17) is 4.74 Å². The van der Waals surface area contributed by atoms with E-state index in [2.05, 4.69) is 4.98 Å². The van der Waals surface area contributed by atoms with Gasteiger partial charge in [-0.2, -0.15) is 0 Å². The summed E-state index contributed by atoms with van der Waals surface area (Å²) in [5.74, 6) is -0.176. The van der Waals surface area contributed by atoms with Crippen LogP contribution in [0.1, 0.15) is 12.8 Å². The lowest BCUT2D eigenvalue weighted by Crippen LogP contribution is -2.48. The fourth-order valence-electron chi connectivity index (χ4n) is 2.35. The molecule has 0 spiro atoms. The van der Waals surface area contributed by atoms with Gasteiger partial charge in [0.25, 0.3) is 0 Å². The summed E-state index contributed by atoms with van der Waals surface area (Å²) < 4.78 is 5.35. The molecule has 1 aliphatic rings. The zero-order valence-corrected chi connectivity index (χ0v) is 10.7.